The average Bonchev–Trinajstić information content (AvgIpc) is 2.38. The summed E-state index contributed by atoms with van der Waals surface area (Å²) in [7, 11) is 0. The third-order valence-electron chi connectivity index (χ3n) is 2.11. The number of rotatable bonds is 4. The summed E-state index contributed by atoms with van der Waals surface area (Å²) in [6, 6.07) is 18.2. The van der Waals surface area contributed by atoms with Gasteiger partial charge in [0.15, 0.2) is 0 Å². The molecule has 0 aliphatic heterocycles. The summed E-state index contributed by atoms with van der Waals surface area (Å²) < 4.78 is 5.38. The second kappa shape index (κ2) is 6.03. The molecule has 0 saturated carbocycles. The van der Waals surface area contributed by atoms with Gasteiger partial charge in [-0.1, -0.05) is 41.9 Å². The first-order valence-electron chi connectivity index (χ1n) is 5.28. The van der Waals surface area contributed by atoms with Crippen molar-refractivity contribution in [3.8, 4) is 18.1 Å². The van der Waals surface area contributed by atoms with Crippen LogP contribution in [0.25, 0.3) is 0 Å². The summed E-state index contributed by atoms with van der Waals surface area (Å²) in [6.07, 6.45) is 5.16. The molecule has 0 aliphatic carbocycles. The van der Waals surface area contributed by atoms with Gasteiger partial charge in [0.05, 0.1) is 0 Å². The molecule has 2 aromatic rings. The molecule has 84 valence electrons. The minimum Gasteiger partial charge on any atom is -0.481 e. The molecule has 0 aromatic heterocycles. The van der Waals surface area contributed by atoms with Crippen molar-refractivity contribution in [3.63, 3.8) is 0 Å². The number of hydrogen-bond acceptors (Lipinski definition) is 2. The number of ether oxygens (including phenoxy) is 1. The molecular formula is C15H12OS. The van der Waals surface area contributed by atoms with E-state index in [1.807, 2.05) is 36.4 Å². The summed E-state index contributed by atoms with van der Waals surface area (Å²) in [4.78, 5) is 2.35. The van der Waals surface area contributed by atoms with Crippen LogP contribution in [0.5, 0.6) is 5.75 Å². The predicted molar refractivity (Wildman–Crippen MR) is 71.3 cm³/mol. The highest BCUT2D eigenvalue weighted by Crippen LogP contribution is 2.29. The second-order valence-corrected chi connectivity index (χ2v) is 4.53. The Bertz CT molecular complexity index is 514. The maximum atomic E-state index is 5.38. The van der Waals surface area contributed by atoms with Crippen molar-refractivity contribution in [2.45, 2.75) is 9.79 Å². The van der Waals surface area contributed by atoms with Crippen LogP contribution in [-0.4, -0.2) is 6.61 Å². The second-order valence-electron chi connectivity index (χ2n) is 3.38. The Hall–Kier alpha value is -1.85. The third kappa shape index (κ3) is 3.58. The van der Waals surface area contributed by atoms with Crippen molar-refractivity contribution < 1.29 is 4.74 Å². The number of benzene rings is 2. The van der Waals surface area contributed by atoms with Crippen LogP contribution in [0.2, 0.25) is 0 Å². The summed E-state index contributed by atoms with van der Waals surface area (Å²) >= 11 is 1.70. The van der Waals surface area contributed by atoms with E-state index in [1.54, 1.807) is 11.8 Å². The van der Waals surface area contributed by atoms with Crippen LogP contribution in [0.3, 0.4) is 0 Å². The maximum absolute atomic E-state index is 5.38. The lowest BCUT2D eigenvalue weighted by Crippen LogP contribution is -1.92. The number of terminal acetylenes is 1. The monoisotopic (exact) mass is 240 g/mol. The van der Waals surface area contributed by atoms with Crippen molar-refractivity contribution in [1.82, 2.24) is 0 Å². The maximum Gasteiger partial charge on any atom is 0.148 e. The van der Waals surface area contributed by atoms with E-state index < -0.39 is 0 Å². The Kier molecular flexibility index (Phi) is 4.12. The van der Waals surface area contributed by atoms with Gasteiger partial charge in [-0.05, 0) is 30.3 Å². The van der Waals surface area contributed by atoms with Gasteiger partial charge in [0.25, 0.3) is 0 Å². The third-order valence-corrected chi connectivity index (χ3v) is 3.10. The molecule has 17 heavy (non-hydrogen) atoms. The molecule has 0 saturated heterocycles. The fourth-order valence-electron chi connectivity index (χ4n) is 1.38. The lowest BCUT2D eigenvalue weighted by Gasteiger charge is -2.05. The minimum absolute atomic E-state index is 0.305. The molecule has 2 aromatic carbocycles. The standard InChI is InChI=1S/C15H12OS/c1-2-11-16-13-7-6-10-15(12-13)17-14-8-4-3-5-9-14/h1,3-10,12H,11H2. The zero-order valence-electron chi connectivity index (χ0n) is 9.30. The topological polar surface area (TPSA) is 9.23 Å². The van der Waals surface area contributed by atoms with Crippen molar-refractivity contribution in [2.24, 2.45) is 0 Å². The van der Waals surface area contributed by atoms with Gasteiger partial charge in [-0.25, -0.2) is 0 Å². The first-order chi connectivity index (χ1) is 8.38. The molecule has 0 bridgehead atoms. The smallest absolute Gasteiger partial charge is 0.148 e. The van der Waals surface area contributed by atoms with Gasteiger partial charge in [0.1, 0.15) is 12.4 Å². The van der Waals surface area contributed by atoms with Crippen LogP contribution in [-0.2, 0) is 0 Å². The Morgan fingerprint density at radius 2 is 1.76 bits per heavy atom. The molecule has 0 aliphatic rings. The highest BCUT2D eigenvalue weighted by Gasteiger charge is 1.98. The fourth-order valence-corrected chi connectivity index (χ4v) is 2.26. The summed E-state index contributed by atoms with van der Waals surface area (Å²) in [5, 5.41) is 0. The summed E-state index contributed by atoms with van der Waals surface area (Å²) in [5.41, 5.74) is 0. The van der Waals surface area contributed by atoms with E-state index in [-0.39, 0.29) is 0 Å². The largest absolute Gasteiger partial charge is 0.481 e. The van der Waals surface area contributed by atoms with Crippen molar-refractivity contribution in [1.29, 1.82) is 0 Å². The van der Waals surface area contributed by atoms with Crippen LogP contribution < -0.4 is 4.74 Å². The van der Waals surface area contributed by atoms with E-state index in [1.165, 1.54) is 4.90 Å². The Morgan fingerprint density at radius 1 is 1.00 bits per heavy atom. The molecule has 0 fully saturated rings. The Labute approximate surface area is 106 Å². The van der Waals surface area contributed by atoms with E-state index >= 15 is 0 Å². The molecular weight excluding hydrogens is 228 g/mol. The minimum atomic E-state index is 0.305. The van der Waals surface area contributed by atoms with Gasteiger partial charge < -0.3 is 4.74 Å². The lowest BCUT2D eigenvalue weighted by atomic mass is 10.3. The Morgan fingerprint density at radius 3 is 2.53 bits per heavy atom. The van der Waals surface area contributed by atoms with Gasteiger partial charge in [-0.3, -0.25) is 0 Å². The normalized spacial score (nSPS) is 9.59. The molecule has 0 N–H and O–H groups in total. The van der Waals surface area contributed by atoms with Crippen molar-refractivity contribution in [2.75, 3.05) is 6.61 Å². The quantitative estimate of drug-likeness (QED) is 0.751. The molecule has 2 heteroatoms. The molecule has 0 heterocycles. The van der Waals surface area contributed by atoms with Crippen LogP contribution in [0, 0.1) is 12.3 Å². The molecule has 2 rings (SSSR count). The van der Waals surface area contributed by atoms with E-state index in [9.17, 15) is 0 Å². The summed E-state index contributed by atoms with van der Waals surface area (Å²) in [5.74, 6) is 3.27. The highest BCUT2D eigenvalue weighted by atomic mass is 32.2. The highest BCUT2D eigenvalue weighted by molar-refractivity contribution is 7.99. The predicted octanol–water partition coefficient (Wildman–Crippen LogP) is 3.85. The van der Waals surface area contributed by atoms with Gasteiger partial charge in [-0.2, -0.15) is 0 Å². The lowest BCUT2D eigenvalue weighted by molar-refractivity contribution is 0.369. The molecule has 0 amide bonds. The molecule has 1 nitrogen and oxygen atoms in total. The average molecular weight is 240 g/mol. The van der Waals surface area contributed by atoms with Crippen LogP contribution >= 0.6 is 11.8 Å². The fraction of sp³-hybridized carbons (Fsp3) is 0.0667. The Balaban J connectivity index is 2.09. The SMILES string of the molecule is C#CCOc1cccc(Sc2ccccc2)c1. The van der Waals surface area contributed by atoms with Crippen LogP contribution in [0.4, 0.5) is 0 Å². The first kappa shape index (κ1) is 11.6. The number of hydrogen-bond donors (Lipinski definition) is 0. The van der Waals surface area contributed by atoms with Crippen LogP contribution in [0.1, 0.15) is 0 Å². The van der Waals surface area contributed by atoms with E-state index in [2.05, 4.69) is 24.1 Å². The molecule has 0 radical (unpaired) electrons. The van der Waals surface area contributed by atoms with Crippen LogP contribution in [0.15, 0.2) is 64.4 Å². The molecule has 0 unspecified atom stereocenters. The van der Waals surface area contributed by atoms with Gasteiger partial charge in [0, 0.05) is 9.79 Å². The van der Waals surface area contributed by atoms with E-state index in [0.717, 1.165) is 10.6 Å². The van der Waals surface area contributed by atoms with Gasteiger partial charge in [-0.15, -0.1) is 6.42 Å². The van der Waals surface area contributed by atoms with Gasteiger partial charge in [0.2, 0.25) is 0 Å². The zero-order valence-corrected chi connectivity index (χ0v) is 10.1. The van der Waals surface area contributed by atoms with Gasteiger partial charge >= 0.3 is 0 Å². The first-order valence-corrected chi connectivity index (χ1v) is 6.09. The zero-order chi connectivity index (χ0) is 11.9. The van der Waals surface area contributed by atoms with E-state index in [0.29, 0.717) is 6.61 Å². The summed E-state index contributed by atoms with van der Waals surface area (Å²) in [6.45, 7) is 0.305. The van der Waals surface area contributed by atoms with Crippen molar-refractivity contribution in [3.05, 3.63) is 54.6 Å². The molecule has 0 atom stereocenters. The molecule has 0 spiro atoms. The van der Waals surface area contributed by atoms with Crippen molar-refractivity contribution >= 4 is 11.8 Å². The van der Waals surface area contributed by atoms with E-state index in [4.69, 9.17) is 11.2 Å².